The minimum absolute atomic E-state index is 0.248. The van der Waals surface area contributed by atoms with Gasteiger partial charge in [0.15, 0.2) is 0 Å². The summed E-state index contributed by atoms with van der Waals surface area (Å²) in [6.07, 6.45) is 3.00. The summed E-state index contributed by atoms with van der Waals surface area (Å²) in [5.41, 5.74) is 11.5. The predicted octanol–water partition coefficient (Wildman–Crippen LogP) is 6.91. The lowest BCUT2D eigenvalue weighted by molar-refractivity contribution is -0.633. The molecule has 2 heteroatoms. The number of nitrogens with zero attached hydrogens (tertiary/aromatic N) is 2. The van der Waals surface area contributed by atoms with Gasteiger partial charge in [-0.15, -0.1) is 0 Å². The smallest absolute Gasteiger partial charge is 0.213 e. The van der Waals surface area contributed by atoms with Crippen LogP contribution in [0.1, 0.15) is 43.2 Å². The lowest BCUT2D eigenvalue weighted by atomic mass is 9.90. The molecule has 0 N–H and O–H groups in total. The van der Waals surface area contributed by atoms with E-state index < -0.39 is 0 Å². The number of aryl methyl sites for hydroxylation is 3. The Bertz CT molecular complexity index is 1260. The number of benzene rings is 2. The molecule has 0 saturated heterocycles. The molecule has 0 spiro atoms. The molecule has 2 heterocycles. The number of hydrogen-bond acceptors (Lipinski definition) is 1. The summed E-state index contributed by atoms with van der Waals surface area (Å²) in [5.74, 6) is 0. The van der Waals surface area contributed by atoms with Gasteiger partial charge in [-0.2, -0.15) is 4.57 Å². The van der Waals surface area contributed by atoms with Crippen LogP contribution in [-0.2, 0) is 13.5 Å². The highest BCUT2D eigenvalue weighted by Gasteiger charge is 2.18. The molecule has 0 saturated carbocycles. The SMILES string of the molecule is Cc1cc(C)c(C)c(-c2ccc3cc(-c4ccc(CC(C)(C)C)nc4)ccc3[n+]2C)c1. The van der Waals surface area contributed by atoms with Gasteiger partial charge in [0.1, 0.15) is 7.05 Å². The van der Waals surface area contributed by atoms with E-state index in [9.17, 15) is 0 Å². The van der Waals surface area contributed by atoms with Gasteiger partial charge in [0.05, 0.1) is 0 Å². The van der Waals surface area contributed by atoms with Crippen LogP contribution in [0.25, 0.3) is 33.3 Å². The summed E-state index contributed by atoms with van der Waals surface area (Å²) in [4.78, 5) is 4.71. The molecule has 0 unspecified atom stereocenters. The molecule has 0 bridgehead atoms. The maximum absolute atomic E-state index is 4.71. The Balaban J connectivity index is 1.73. The molecule has 4 rings (SSSR count). The first-order valence-electron chi connectivity index (χ1n) is 11.1. The second-order valence-electron chi connectivity index (χ2n) is 10.1. The third kappa shape index (κ3) is 4.39. The predicted molar refractivity (Wildman–Crippen MR) is 131 cm³/mol. The van der Waals surface area contributed by atoms with Crippen LogP contribution in [0.15, 0.2) is 60.8 Å². The van der Waals surface area contributed by atoms with Crippen LogP contribution in [-0.4, -0.2) is 4.98 Å². The maximum atomic E-state index is 4.71. The second kappa shape index (κ2) is 7.92. The van der Waals surface area contributed by atoms with Crippen molar-refractivity contribution in [3.05, 3.63) is 83.2 Å². The number of pyridine rings is 2. The summed E-state index contributed by atoms with van der Waals surface area (Å²) >= 11 is 0. The fourth-order valence-corrected chi connectivity index (χ4v) is 4.40. The molecule has 2 nitrogen and oxygen atoms in total. The zero-order valence-electron chi connectivity index (χ0n) is 19.9. The molecular weight excluding hydrogens is 376 g/mol. The van der Waals surface area contributed by atoms with E-state index in [0.29, 0.717) is 0 Å². The standard InChI is InChI=1S/C29H33N2/c1-19-14-20(2)21(3)26(15-19)28-13-10-23-16-22(9-12-27(23)31(28)7)24-8-11-25(30-18-24)17-29(4,5)6/h8-16,18H,17H2,1-7H3/q+1. The molecule has 0 radical (unpaired) electrons. The Morgan fingerprint density at radius 1 is 0.839 bits per heavy atom. The Labute approximate surface area is 186 Å². The molecule has 2 aromatic heterocycles. The monoisotopic (exact) mass is 409 g/mol. The fourth-order valence-electron chi connectivity index (χ4n) is 4.40. The van der Waals surface area contributed by atoms with E-state index >= 15 is 0 Å². The van der Waals surface area contributed by atoms with Crippen LogP contribution >= 0.6 is 0 Å². The number of fused-ring (bicyclic) bond motifs is 1. The molecule has 31 heavy (non-hydrogen) atoms. The van der Waals surface area contributed by atoms with Crippen molar-refractivity contribution in [3.63, 3.8) is 0 Å². The van der Waals surface area contributed by atoms with Crippen LogP contribution in [0.3, 0.4) is 0 Å². The van der Waals surface area contributed by atoms with E-state index in [2.05, 4.69) is 108 Å². The summed E-state index contributed by atoms with van der Waals surface area (Å²) in [5, 5.41) is 1.24. The van der Waals surface area contributed by atoms with Crippen molar-refractivity contribution in [1.82, 2.24) is 4.98 Å². The Kier molecular flexibility index (Phi) is 5.43. The van der Waals surface area contributed by atoms with Gasteiger partial charge in [0, 0.05) is 40.5 Å². The molecule has 0 aliphatic carbocycles. The van der Waals surface area contributed by atoms with Crippen LogP contribution in [0.5, 0.6) is 0 Å². The van der Waals surface area contributed by atoms with E-state index in [4.69, 9.17) is 4.98 Å². The zero-order chi connectivity index (χ0) is 22.3. The second-order valence-corrected chi connectivity index (χ2v) is 10.1. The van der Waals surface area contributed by atoms with Crippen LogP contribution in [0.4, 0.5) is 0 Å². The van der Waals surface area contributed by atoms with E-state index in [1.807, 2.05) is 6.20 Å². The minimum Gasteiger partial charge on any atom is -0.261 e. The molecule has 2 aromatic carbocycles. The van der Waals surface area contributed by atoms with Gasteiger partial charge in [-0.05, 0) is 79.6 Å². The minimum atomic E-state index is 0.248. The Morgan fingerprint density at radius 3 is 2.26 bits per heavy atom. The quantitative estimate of drug-likeness (QED) is 0.336. The normalized spacial score (nSPS) is 11.8. The van der Waals surface area contributed by atoms with Gasteiger partial charge in [-0.3, -0.25) is 4.98 Å². The van der Waals surface area contributed by atoms with Crippen molar-refractivity contribution in [2.24, 2.45) is 12.5 Å². The van der Waals surface area contributed by atoms with Gasteiger partial charge in [-0.25, -0.2) is 0 Å². The Morgan fingerprint density at radius 2 is 1.58 bits per heavy atom. The van der Waals surface area contributed by atoms with E-state index in [-0.39, 0.29) is 5.41 Å². The zero-order valence-corrected chi connectivity index (χ0v) is 19.9. The van der Waals surface area contributed by atoms with Crippen LogP contribution in [0.2, 0.25) is 0 Å². The van der Waals surface area contributed by atoms with Crippen molar-refractivity contribution >= 4 is 10.9 Å². The number of aromatic nitrogens is 2. The highest BCUT2D eigenvalue weighted by Crippen LogP contribution is 2.28. The highest BCUT2D eigenvalue weighted by molar-refractivity contribution is 5.83. The van der Waals surface area contributed by atoms with E-state index in [1.54, 1.807) is 0 Å². The lowest BCUT2D eigenvalue weighted by Gasteiger charge is -2.17. The van der Waals surface area contributed by atoms with Gasteiger partial charge < -0.3 is 0 Å². The first-order valence-corrected chi connectivity index (χ1v) is 11.1. The molecule has 0 atom stereocenters. The highest BCUT2D eigenvalue weighted by atomic mass is 14.9. The first-order chi connectivity index (χ1) is 14.6. The third-order valence-electron chi connectivity index (χ3n) is 6.13. The van der Waals surface area contributed by atoms with Crippen molar-refractivity contribution in [3.8, 4) is 22.4 Å². The summed E-state index contributed by atoms with van der Waals surface area (Å²) < 4.78 is 2.31. The number of rotatable bonds is 3. The molecule has 0 aliphatic heterocycles. The molecule has 4 aromatic rings. The first kappa shape index (κ1) is 21.2. The van der Waals surface area contributed by atoms with Gasteiger partial charge in [0.25, 0.3) is 0 Å². The fraction of sp³-hybridized carbons (Fsp3) is 0.310. The number of hydrogen-bond donors (Lipinski definition) is 0. The lowest BCUT2D eigenvalue weighted by Crippen LogP contribution is -2.32. The van der Waals surface area contributed by atoms with Crippen molar-refractivity contribution in [2.45, 2.75) is 48.0 Å². The summed E-state index contributed by atoms with van der Waals surface area (Å²) in [6.45, 7) is 13.3. The molecule has 0 aliphatic rings. The van der Waals surface area contributed by atoms with E-state index in [1.165, 1.54) is 44.4 Å². The van der Waals surface area contributed by atoms with Crippen molar-refractivity contribution in [2.75, 3.05) is 0 Å². The topological polar surface area (TPSA) is 16.8 Å². The van der Waals surface area contributed by atoms with Crippen molar-refractivity contribution < 1.29 is 4.57 Å². The average Bonchev–Trinajstić information content (AvgIpc) is 2.70. The summed E-state index contributed by atoms with van der Waals surface area (Å²) in [6, 6.07) is 20.1. The van der Waals surface area contributed by atoms with Crippen molar-refractivity contribution in [1.29, 1.82) is 0 Å². The van der Waals surface area contributed by atoms with Gasteiger partial charge >= 0.3 is 0 Å². The molecular formula is C29H33N2+. The Hall–Kier alpha value is -3.00. The third-order valence-corrected chi connectivity index (χ3v) is 6.13. The molecule has 158 valence electrons. The average molecular weight is 410 g/mol. The van der Waals surface area contributed by atoms with Gasteiger partial charge in [-0.1, -0.05) is 38.5 Å². The summed E-state index contributed by atoms with van der Waals surface area (Å²) in [7, 11) is 2.16. The van der Waals surface area contributed by atoms with Crippen LogP contribution in [0, 0.1) is 26.2 Å². The molecule has 0 amide bonds. The largest absolute Gasteiger partial charge is 0.261 e. The van der Waals surface area contributed by atoms with Crippen LogP contribution < -0.4 is 4.57 Å². The molecule has 0 fully saturated rings. The van der Waals surface area contributed by atoms with E-state index in [0.717, 1.165) is 17.7 Å². The maximum Gasteiger partial charge on any atom is 0.213 e. The van der Waals surface area contributed by atoms with Gasteiger partial charge in [0.2, 0.25) is 11.2 Å².